The van der Waals surface area contributed by atoms with E-state index in [-0.39, 0.29) is 11.7 Å². The Morgan fingerprint density at radius 3 is 2.22 bits per heavy atom. The summed E-state index contributed by atoms with van der Waals surface area (Å²) in [7, 11) is 0. The van der Waals surface area contributed by atoms with Gasteiger partial charge in [-0.2, -0.15) is 0 Å². The Labute approximate surface area is 218 Å². The van der Waals surface area contributed by atoms with Crippen molar-refractivity contribution < 1.29 is 14.0 Å². The van der Waals surface area contributed by atoms with E-state index in [1.54, 1.807) is 6.92 Å². The predicted molar refractivity (Wildman–Crippen MR) is 147 cm³/mol. The maximum Gasteiger partial charge on any atom is 0.232 e. The molecule has 1 heterocycles. The van der Waals surface area contributed by atoms with Gasteiger partial charge in [0, 0.05) is 26.7 Å². The molecule has 0 saturated heterocycles. The second kappa shape index (κ2) is 10.3. The molecule has 0 bridgehead atoms. The van der Waals surface area contributed by atoms with E-state index >= 15 is 0 Å². The monoisotopic (exact) mass is 537 g/mol. The number of Topliss-reactive ketones (excluding diaryl/α,β-unsaturated/α-hetero) is 1. The summed E-state index contributed by atoms with van der Waals surface area (Å²) >= 11 is 3.47. The van der Waals surface area contributed by atoms with E-state index in [0.717, 1.165) is 37.9 Å². The lowest BCUT2D eigenvalue weighted by atomic mass is 9.90. The molecule has 5 aromatic rings. The number of rotatable bonds is 7. The maximum atomic E-state index is 13.5. The van der Waals surface area contributed by atoms with Crippen molar-refractivity contribution in [2.24, 2.45) is 0 Å². The zero-order valence-electron chi connectivity index (χ0n) is 19.7. The van der Waals surface area contributed by atoms with E-state index < -0.39 is 5.92 Å². The Hall–Kier alpha value is -3.96. The van der Waals surface area contributed by atoms with Crippen LogP contribution in [0.15, 0.2) is 112 Å². The fourth-order valence-electron chi connectivity index (χ4n) is 4.24. The Kier molecular flexibility index (Phi) is 6.83. The number of carbonyl (C=O) groups excluding carboxylic acids is 2. The van der Waals surface area contributed by atoms with Crippen molar-refractivity contribution in [2.75, 3.05) is 5.32 Å². The molecule has 0 spiro atoms. The number of hydrogen-bond donors (Lipinski definition) is 1. The Morgan fingerprint density at radius 1 is 0.861 bits per heavy atom. The van der Waals surface area contributed by atoms with Crippen molar-refractivity contribution in [2.45, 2.75) is 19.3 Å². The molecule has 5 rings (SSSR count). The lowest BCUT2D eigenvalue weighted by Gasteiger charge is -2.18. The Balaban J connectivity index is 1.36. The number of ketones is 1. The lowest BCUT2D eigenvalue weighted by Crippen LogP contribution is -2.23. The molecule has 1 aromatic heterocycles. The van der Waals surface area contributed by atoms with E-state index in [2.05, 4.69) is 21.2 Å². The molecule has 4 aromatic carbocycles. The second-order valence-electron chi connectivity index (χ2n) is 8.78. The standard InChI is InChI=1S/C31H24BrNO3/c1-20(34)22-8-6-21(7-9-22)18-28(23-10-14-26(32)15-11-23)31(35)33-27-16-12-24(13-17-27)30-19-25-4-2-3-5-29(25)36-30/h2-17,19,28H,18H2,1H3,(H,33,35). The molecule has 1 unspecified atom stereocenters. The molecule has 1 amide bonds. The van der Waals surface area contributed by atoms with Gasteiger partial charge in [-0.1, -0.05) is 70.5 Å². The number of furan rings is 1. The van der Waals surface area contributed by atoms with Gasteiger partial charge >= 0.3 is 0 Å². The highest BCUT2D eigenvalue weighted by atomic mass is 79.9. The molecule has 5 heteroatoms. The van der Waals surface area contributed by atoms with Gasteiger partial charge in [-0.05, 0) is 73.0 Å². The van der Waals surface area contributed by atoms with Crippen molar-refractivity contribution in [3.63, 3.8) is 0 Å². The lowest BCUT2D eigenvalue weighted by molar-refractivity contribution is -0.117. The Morgan fingerprint density at radius 2 is 1.56 bits per heavy atom. The first kappa shape index (κ1) is 23.8. The third-order valence-electron chi connectivity index (χ3n) is 6.25. The highest BCUT2D eigenvalue weighted by molar-refractivity contribution is 9.10. The summed E-state index contributed by atoms with van der Waals surface area (Å²) < 4.78 is 6.91. The normalized spacial score (nSPS) is 11.8. The average molecular weight is 538 g/mol. The predicted octanol–water partition coefficient (Wildman–Crippen LogP) is 8.03. The minimum absolute atomic E-state index is 0.0230. The van der Waals surface area contributed by atoms with Gasteiger partial charge in [0.2, 0.25) is 5.91 Å². The van der Waals surface area contributed by atoms with Gasteiger partial charge < -0.3 is 9.73 Å². The first-order valence-electron chi connectivity index (χ1n) is 11.7. The summed E-state index contributed by atoms with van der Waals surface area (Å²) in [5.74, 6) is 0.325. The number of fused-ring (bicyclic) bond motifs is 1. The average Bonchev–Trinajstić information content (AvgIpc) is 3.33. The number of halogens is 1. The first-order valence-corrected chi connectivity index (χ1v) is 12.5. The number of anilines is 1. The van der Waals surface area contributed by atoms with Gasteiger partial charge in [-0.3, -0.25) is 9.59 Å². The van der Waals surface area contributed by atoms with Crippen LogP contribution in [0.3, 0.4) is 0 Å². The second-order valence-corrected chi connectivity index (χ2v) is 9.69. The van der Waals surface area contributed by atoms with Gasteiger partial charge in [0.25, 0.3) is 0 Å². The molecule has 0 aliphatic carbocycles. The van der Waals surface area contributed by atoms with Crippen LogP contribution in [0.1, 0.15) is 34.3 Å². The highest BCUT2D eigenvalue weighted by Gasteiger charge is 2.22. The molecule has 1 atom stereocenters. The van der Waals surface area contributed by atoms with Crippen molar-refractivity contribution in [1.29, 1.82) is 0 Å². The van der Waals surface area contributed by atoms with E-state index in [0.29, 0.717) is 17.7 Å². The maximum absolute atomic E-state index is 13.5. The molecule has 1 N–H and O–H groups in total. The summed E-state index contributed by atoms with van der Waals surface area (Å²) in [6.07, 6.45) is 0.517. The summed E-state index contributed by atoms with van der Waals surface area (Å²) in [6.45, 7) is 1.55. The van der Waals surface area contributed by atoms with Crippen LogP contribution in [0.25, 0.3) is 22.3 Å². The SMILES string of the molecule is CC(=O)c1ccc(CC(C(=O)Nc2ccc(-c3cc4ccccc4o3)cc2)c2ccc(Br)cc2)cc1. The quantitative estimate of drug-likeness (QED) is 0.214. The van der Waals surface area contributed by atoms with Crippen molar-refractivity contribution in [3.8, 4) is 11.3 Å². The third-order valence-corrected chi connectivity index (χ3v) is 6.78. The number of benzene rings is 4. The van der Waals surface area contributed by atoms with Crippen LogP contribution in [0.5, 0.6) is 0 Å². The zero-order valence-corrected chi connectivity index (χ0v) is 21.3. The molecule has 4 nitrogen and oxygen atoms in total. The van der Waals surface area contributed by atoms with Crippen LogP contribution in [-0.2, 0) is 11.2 Å². The van der Waals surface area contributed by atoms with Crippen LogP contribution in [0.2, 0.25) is 0 Å². The highest BCUT2D eigenvalue weighted by Crippen LogP contribution is 2.29. The smallest absolute Gasteiger partial charge is 0.232 e. The third kappa shape index (κ3) is 5.31. The van der Waals surface area contributed by atoms with E-state index in [1.807, 2.05) is 103 Å². The minimum Gasteiger partial charge on any atom is -0.456 e. The van der Waals surface area contributed by atoms with E-state index in [4.69, 9.17) is 4.42 Å². The van der Waals surface area contributed by atoms with Gasteiger partial charge in [0.1, 0.15) is 11.3 Å². The molecule has 0 saturated carbocycles. The summed E-state index contributed by atoms with van der Waals surface area (Å²) in [6, 6.07) is 32.9. The molecular formula is C31H24BrNO3. The molecule has 36 heavy (non-hydrogen) atoms. The van der Waals surface area contributed by atoms with Gasteiger partial charge in [-0.25, -0.2) is 0 Å². The molecule has 0 aliphatic heterocycles. The van der Waals surface area contributed by atoms with Crippen LogP contribution >= 0.6 is 15.9 Å². The number of carbonyl (C=O) groups is 2. The van der Waals surface area contributed by atoms with Crippen LogP contribution in [0, 0.1) is 0 Å². The Bertz CT molecular complexity index is 1480. The number of nitrogens with one attached hydrogen (secondary N) is 1. The van der Waals surface area contributed by atoms with Gasteiger partial charge in [0.15, 0.2) is 5.78 Å². The van der Waals surface area contributed by atoms with E-state index in [9.17, 15) is 9.59 Å². The fraction of sp³-hybridized carbons (Fsp3) is 0.0968. The number of hydrogen-bond acceptors (Lipinski definition) is 3. The van der Waals surface area contributed by atoms with Gasteiger partial charge in [-0.15, -0.1) is 0 Å². The van der Waals surface area contributed by atoms with Gasteiger partial charge in [0.05, 0.1) is 5.92 Å². The summed E-state index contributed by atoms with van der Waals surface area (Å²) in [5, 5.41) is 4.13. The largest absolute Gasteiger partial charge is 0.456 e. The molecule has 178 valence electrons. The van der Waals surface area contributed by atoms with Crippen molar-refractivity contribution >= 4 is 44.3 Å². The number of amides is 1. The zero-order chi connectivity index (χ0) is 25.1. The summed E-state index contributed by atoms with van der Waals surface area (Å²) in [5.41, 5.74) is 5.08. The molecular weight excluding hydrogens is 514 g/mol. The first-order chi connectivity index (χ1) is 17.5. The molecule has 0 radical (unpaired) electrons. The van der Waals surface area contributed by atoms with Crippen LogP contribution in [0.4, 0.5) is 5.69 Å². The summed E-state index contributed by atoms with van der Waals surface area (Å²) in [4.78, 5) is 25.1. The van der Waals surface area contributed by atoms with Crippen molar-refractivity contribution in [1.82, 2.24) is 0 Å². The fourth-order valence-corrected chi connectivity index (χ4v) is 4.50. The molecule has 0 fully saturated rings. The van der Waals surface area contributed by atoms with E-state index in [1.165, 1.54) is 0 Å². The van der Waals surface area contributed by atoms with Crippen molar-refractivity contribution in [3.05, 3.63) is 124 Å². The number of para-hydroxylation sites is 1. The minimum atomic E-state index is -0.392. The topological polar surface area (TPSA) is 59.3 Å². The van der Waals surface area contributed by atoms with Crippen LogP contribution in [-0.4, -0.2) is 11.7 Å². The molecule has 0 aliphatic rings. The van der Waals surface area contributed by atoms with Crippen LogP contribution < -0.4 is 5.32 Å².